The van der Waals surface area contributed by atoms with Crippen molar-refractivity contribution < 1.29 is 23.1 Å². The molecule has 3 aromatic rings. The number of H-pyrrole nitrogens is 1. The summed E-state index contributed by atoms with van der Waals surface area (Å²) in [7, 11) is 0. The average Bonchev–Trinajstić information content (AvgIpc) is 2.99. The number of amides is 1. The minimum atomic E-state index is -0.731. The molecule has 1 heterocycles. The lowest BCUT2D eigenvalue weighted by Gasteiger charge is -2.12. The first kappa shape index (κ1) is 19.9. The smallest absolute Gasteiger partial charge is 0.220 e. The average molecular weight is 390 g/mol. The third-order valence-electron chi connectivity index (χ3n) is 4.64. The highest BCUT2D eigenvalue weighted by Gasteiger charge is 2.18. The van der Waals surface area contributed by atoms with E-state index < -0.39 is 17.5 Å². The zero-order valence-corrected chi connectivity index (χ0v) is 15.4. The lowest BCUT2D eigenvalue weighted by Crippen LogP contribution is -2.33. The van der Waals surface area contributed by atoms with Gasteiger partial charge in [-0.15, -0.1) is 0 Å². The molecule has 0 saturated carbocycles. The first-order valence-electron chi connectivity index (χ1n) is 9.04. The number of hydrogen-bond acceptors (Lipinski definition) is 2. The van der Waals surface area contributed by atoms with Gasteiger partial charge in [-0.3, -0.25) is 4.79 Å². The van der Waals surface area contributed by atoms with Crippen molar-refractivity contribution in [3.63, 3.8) is 0 Å². The molecular weight excluding hydrogens is 369 g/mol. The summed E-state index contributed by atoms with van der Waals surface area (Å²) in [6, 6.07) is 7.49. The fourth-order valence-corrected chi connectivity index (χ4v) is 3.25. The van der Waals surface area contributed by atoms with Crippen molar-refractivity contribution in [2.75, 3.05) is 6.61 Å². The van der Waals surface area contributed by atoms with Gasteiger partial charge in [0.15, 0.2) is 0 Å². The molecule has 0 aliphatic carbocycles. The normalized spacial score (nSPS) is 12.3. The number of nitrogens with one attached hydrogen (secondary N) is 2. The van der Waals surface area contributed by atoms with Crippen LogP contribution in [-0.2, 0) is 11.2 Å². The van der Waals surface area contributed by atoms with Gasteiger partial charge < -0.3 is 15.4 Å². The number of carbonyl (C=O) groups excluding carboxylic acids is 1. The Morgan fingerprint density at radius 2 is 1.86 bits per heavy atom. The predicted octanol–water partition coefficient (Wildman–Crippen LogP) is 4.07. The van der Waals surface area contributed by atoms with Gasteiger partial charge in [-0.25, -0.2) is 13.2 Å². The Morgan fingerprint density at radius 1 is 1.14 bits per heavy atom. The van der Waals surface area contributed by atoms with Crippen LogP contribution in [-0.4, -0.2) is 28.6 Å². The van der Waals surface area contributed by atoms with Gasteiger partial charge >= 0.3 is 0 Å². The zero-order valence-electron chi connectivity index (χ0n) is 15.4. The fraction of sp³-hybridized carbons (Fsp3) is 0.286. The summed E-state index contributed by atoms with van der Waals surface area (Å²) in [5.41, 5.74) is 1.87. The number of rotatable bonds is 7. The van der Waals surface area contributed by atoms with Crippen LogP contribution in [0.4, 0.5) is 13.2 Å². The van der Waals surface area contributed by atoms with E-state index in [9.17, 15) is 18.0 Å². The maximum Gasteiger partial charge on any atom is 0.220 e. The Bertz CT molecular complexity index is 983. The van der Waals surface area contributed by atoms with Crippen molar-refractivity contribution in [2.24, 2.45) is 0 Å². The Hall–Kier alpha value is -2.80. The number of halogens is 3. The van der Waals surface area contributed by atoms with E-state index in [1.807, 2.05) is 0 Å². The summed E-state index contributed by atoms with van der Waals surface area (Å²) in [5, 5.41) is 12.1. The van der Waals surface area contributed by atoms with E-state index in [2.05, 4.69) is 10.3 Å². The molecule has 1 unspecified atom stereocenters. The summed E-state index contributed by atoms with van der Waals surface area (Å²) in [6.45, 7) is 1.76. The van der Waals surface area contributed by atoms with Gasteiger partial charge in [-0.05, 0) is 61.2 Å². The maximum atomic E-state index is 14.2. The monoisotopic (exact) mass is 390 g/mol. The van der Waals surface area contributed by atoms with Gasteiger partial charge in [0.25, 0.3) is 0 Å². The van der Waals surface area contributed by atoms with Crippen molar-refractivity contribution in [1.29, 1.82) is 0 Å². The third-order valence-corrected chi connectivity index (χ3v) is 4.64. The van der Waals surface area contributed by atoms with Crippen LogP contribution >= 0.6 is 0 Å². The molecule has 28 heavy (non-hydrogen) atoms. The minimum absolute atomic E-state index is 0.0306. The number of aliphatic hydroxyl groups excluding tert-OH is 1. The van der Waals surface area contributed by atoms with Crippen LogP contribution in [0.3, 0.4) is 0 Å². The molecule has 0 bridgehead atoms. The largest absolute Gasteiger partial charge is 0.396 e. The molecule has 1 amide bonds. The van der Waals surface area contributed by atoms with Crippen molar-refractivity contribution in [3.8, 4) is 11.3 Å². The summed E-state index contributed by atoms with van der Waals surface area (Å²) in [5.74, 6) is -2.07. The zero-order chi connectivity index (χ0) is 20.3. The Kier molecular flexibility index (Phi) is 6.04. The van der Waals surface area contributed by atoms with E-state index in [1.165, 1.54) is 18.2 Å². The molecule has 1 atom stereocenters. The molecule has 3 N–H and O–H groups in total. The van der Waals surface area contributed by atoms with Gasteiger partial charge in [-0.2, -0.15) is 0 Å². The highest BCUT2D eigenvalue weighted by Crippen LogP contribution is 2.33. The van der Waals surface area contributed by atoms with Gasteiger partial charge in [0.1, 0.15) is 17.5 Å². The number of carbonyl (C=O) groups is 1. The van der Waals surface area contributed by atoms with Gasteiger partial charge in [0, 0.05) is 36.2 Å². The lowest BCUT2D eigenvalue weighted by molar-refractivity contribution is -0.121. The van der Waals surface area contributed by atoms with Crippen molar-refractivity contribution in [1.82, 2.24) is 10.3 Å². The molecule has 3 rings (SSSR count). The molecule has 0 spiro atoms. The molecule has 0 aliphatic rings. The van der Waals surface area contributed by atoms with Crippen LogP contribution in [0, 0.1) is 17.5 Å². The molecule has 0 fully saturated rings. The Morgan fingerprint density at radius 3 is 2.54 bits per heavy atom. The number of aromatic amines is 1. The standard InChI is InChI=1S/C21H21F3N2O2/c1-12(8-9-27)25-19(28)7-6-16-17-10-15(23)11-18(24)21(17)26-20(16)13-2-4-14(22)5-3-13/h2-5,10-12,26-27H,6-9H2,1H3,(H,25,28). The number of benzene rings is 2. The minimum Gasteiger partial charge on any atom is -0.396 e. The summed E-state index contributed by atoms with van der Waals surface area (Å²) in [6.07, 6.45) is 0.790. The second-order valence-electron chi connectivity index (χ2n) is 6.78. The molecule has 1 aromatic heterocycles. The molecule has 0 saturated heterocycles. The van der Waals surface area contributed by atoms with E-state index in [-0.39, 0.29) is 36.9 Å². The fourth-order valence-electron chi connectivity index (χ4n) is 3.25. The second kappa shape index (κ2) is 8.48. The number of aliphatic hydroxyl groups is 1. The molecule has 0 aliphatic heterocycles. The van der Waals surface area contributed by atoms with Crippen molar-refractivity contribution in [3.05, 3.63) is 59.4 Å². The second-order valence-corrected chi connectivity index (χ2v) is 6.78. The first-order chi connectivity index (χ1) is 13.4. The van der Waals surface area contributed by atoms with E-state index >= 15 is 0 Å². The molecule has 0 radical (unpaired) electrons. The highest BCUT2D eigenvalue weighted by molar-refractivity contribution is 5.92. The van der Waals surface area contributed by atoms with Gasteiger partial charge in [0.2, 0.25) is 5.91 Å². The topological polar surface area (TPSA) is 65.1 Å². The van der Waals surface area contributed by atoms with Crippen molar-refractivity contribution >= 4 is 16.8 Å². The molecule has 4 nitrogen and oxygen atoms in total. The van der Waals surface area contributed by atoms with Crippen LogP contribution in [0.1, 0.15) is 25.3 Å². The van der Waals surface area contributed by atoms with Crippen LogP contribution in [0.5, 0.6) is 0 Å². The summed E-state index contributed by atoms with van der Waals surface area (Å²) < 4.78 is 41.3. The number of aryl methyl sites for hydroxylation is 1. The number of hydrogen-bond donors (Lipinski definition) is 3. The first-order valence-corrected chi connectivity index (χ1v) is 9.04. The van der Waals surface area contributed by atoms with E-state index in [1.54, 1.807) is 19.1 Å². The molecule has 2 aromatic carbocycles. The van der Waals surface area contributed by atoms with E-state index in [0.717, 1.165) is 6.07 Å². The van der Waals surface area contributed by atoms with Crippen molar-refractivity contribution in [2.45, 2.75) is 32.2 Å². The Labute approximate surface area is 160 Å². The van der Waals surface area contributed by atoms with E-state index in [4.69, 9.17) is 5.11 Å². The van der Waals surface area contributed by atoms with Crippen LogP contribution in [0.15, 0.2) is 36.4 Å². The third kappa shape index (κ3) is 4.36. The Balaban J connectivity index is 1.95. The van der Waals surface area contributed by atoms with Crippen LogP contribution < -0.4 is 5.32 Å². The molecule has 148 valence electrons. The summed E-state index contributed by atoms with van der Waals surface area (Å²) >= 11 is 0. The molecule has 7 heteroatoms. The van der Waals surface area contributed by atoms with E-state index in [0.29, 0.717) is 28.6 Å². The summed E-state index contributed by atoms with van der Waals surface area (Å²) in [4.78, 5) is 15.1. The quantitative estimate of drug-likeness (QED) is 0.569. The van der Waals surface area contributed by atoms with Gasteiger partial charge in [-0.1, -0.05) is 0 Å². The van der Waals surface area contributed by atoms with Gasteiger partial charge in [0.05, 0.1) is 5.52 Å². The number of aromatic nitrogens is 1. The van der Waals surface area contributed by atoms with Crippen LogP contribution in [0.25, 0.3) is 22.2 Å². The number of fused-ring (bicyclic) bond motifs is 1. The predicted molar refractivity (Wildman–Crippen MR) is 101 cm³/mol. The van der Waals surface area contributed by atoms with Crippen LogP contribution in [0.2, 0.25) is 0 Å². The maximum absolute atomic E-state index is 14.2. The molecular formula is C21H21F3N2O2. The SMILES string of the molecule is CC(CCO)NC(=O)CCc1c(-c2ccc(F)cc2)[nH]c2c(F)cc(F)cc12. The lowest BCUT2D eigenvalue weighted by atomic mass is 10.0. The highest BCUT2D eigenvalue weighted by atomic mass is 19.1.